The molecule has 0 aromatic carbocycles. The first kappa shape index (κ1) is 16.8. The Kier molecular flexibility index (Phi) is 5.17. The van der Waals surface area contributed by atoms with Crippen molar-refractivity contribution in [3.8, 4) is 0 Å². The Labute approximate surface area is 145 Å². The molecule has 1 N–H and O–H groups in total. The van der Waals surface area contributed by atoms with Crippen LogP contribution in [0.5, 0.6) is 0 Å². The van der Waals surface area contributed by atoms with E-state index in [1.54, 1.807) is 36.2 Å². The zero-order valence-corrected chi connectivity index (χ0v) is 14.0. The third-order valence-electron chi connectivity index (χ3n) is 3.89. The zero-order chi connectivity index (χ0) is 17.6. The highest BCUT2D eigenvalue weighted by atomic mass is 16.5. The zero-order valence-electron chi connectivity index (χ0n) is 14.0. The summed E-state index contributed by atoms with van der Waals surface area (Å²) >= 11 is 0. The first-order valence-electron chi connectivity index (χ1n) is 8.15. The fourth-order valence-corrected chi connectivity index (χ4v) is 2.63. The van der Waals surface area contributed by atoms with E-state index in [4.69, 9.17) is 9.15 Å². The molecule has 0 spiro atoms. The second-order valence-corrected chi connectivity index (χ2v) is 5.51. The Balaban J connectivity index is 1.54. The van der Waals surface area contributed by atoms with Gasteiger partial charge >= 0.3 is 6.09 Å². The van der Waals surface area contributed by atoms with Crippen LogP contribution in [0.3, 0.4) is 0 Å². The Hall–Kier alpha value is -3.03. The van der Waals surface area contributed by atoms with E-state index in [0.717, 1.165) is 5.82 Å². The number of carbonyl (C=O) groups is 2. The predicted octanol–water partition coefficient (Wildman–Crippen LogP) is 2.21. The molecule has 0 unspecified atom stereocenters. The van der Waals surface area contributed by atoms with Gasteiger partial charge in [-0.05, 0) is 31.2 Å². The number of pyridine rings is 1. The van der Waals surface area contributed by atoms with E-state index < -0.39 is 6.09 Å². The van der Waals surface area contributed by atoms with Gasteiger partial charge in [-0.3, -0.25) is 10.1 Å². The molecule has 1 saturated heterocycles. The number of rotatable bonds is 4. The summed E-state index contributed by atoms with van der Waals surface area (Å²) in [4.78, 5) is 31.9. The number of nitrogens with one attached hydrogen (secondary N) is 1. The first-order chi connectivity index (χ1) is 12.2. The van der Waals surface area contributed by atoms with Crippen molar-refractivity contribution in [3.63, 3.8) is 0 Å². The summed E-state index contributed by atoms with van der Waals surface area (Å²) < 4.78 is 9.98. The number of nitrogens with zero attached hydrogens (tertiary/aromatic N) is 3. The summed E-state index contributed by atoms with van der Waals surface area (Å²) in [5.41, 5.74) is 0.578. The van der Waals surface area contributed by atoms with Gasteiger partial charge in [-0.15, -0.1) is 0 Å². The van der Waals surface area contributed by atoms with Crippen molar-refractivity contribution < 1.29 is 18.7 Å². The molecule has 0 saturated carbocycles. The second kappa shape index (κ2) is 7.69. The molecule has 0 atom stereocenters. The summed E-state index contributed by atoms with van der Waals surface area (Å²) in [6.45, 7) is 4.64. The molecule has 25 heavy (non-hydrogen) atoms. The van der Waals surface area contributed by atoms with Gasteiger partial charge in [-0.1, -0.05) is 0 Å². The average molecular weight is 344 g/mol. The van der Waals surface area contributed by atoms with Crippen LogP contribution >= 0.6 is 0 Å². The molecule has 8 nitrogen and oxygen atoms in total. The Morgan fingerprint density at radius 3 is 2.64 bits per heavy atom. The van der Waals surface area contributed by atoms with Crippen LogP contribution in [0.1, 0.15) is 17.5 Å². The highest BCUT2D eigenvalue weighted by molar-refractivity contribution is 5.91. The van der Waals surface area contributed by atoms with E-state index in [1.165, 1.54) is 6.26 Å². The van der Waals surface area contributed by atoms with Crippen molar-refractivity contribution in [3.05, 3.63) is 42.5 Å². The van der Waals surface area contributed by atoms with Crippen molar-refractivity contribution >= 4 is 23.5 Å². The molecule has 1 aliphatic heterocycles. The van der Waals surface area contributed by atoms with Crippen LogP contribution in [-0.2, 0) is 4.74 Å². The van der Waals surface area contributed by atoms with Crippen molar-refractivity contribution in [1.29, 1.82) is 0 Å². The number of aromatic nitrogens is 1. The average Bonchev–Trinajstić information content (AvgIpc) is 3.17. The molecule has 1 fully saturated rings. The van der Waals surface area contributed by atoms with Crippen molar-refractivity contribution in [1.82, 2.24) is 9.88 Å². The number of hydrogen-bond donors (Lipinski definition) is 1. The summed E-state index contributed by atoms with van der Waals surface area (Å²) in [6, 6.07) is 7.00. The van der Waals surface area contributed by atoms with Crippen LogP contribution in [0.15, 0.2) is 41.1 Å². The van der Waals surface area contributed by atoms with Gasteiger partial charge in [0.05, 0.1) is 24.8 Å². The maximum Gasteiger partial charge on any atom is 0.411 e. The molecule has 3 rings (SSSR count). The molecular formula is C17H20N4O4. The van der Waals surface area contributed by atoms with Crippen molar-refractivity contribution in [2.75, 3.05) is 43.0 Å². The summed E-state index contributed by atoms with van der Waals surface area (Å²) in [5, 5.41) is 2.61. The third-order valence-corrected chi connectivity index (χ3v) is 3.89. The maximum absolute atomic E-state index is 12.3. The van der Waals surface area contributed by atoms with Crippen LogP contribution in [-0.4, -0.2) is 54.7 Å². The van der Waals surface area contributed by atoms with Crippen molar-refractivity contribution in [2.45, 2.75) is 6.92 Å². The molecule has 3 heterocycles. The minimum absolute atomic E-state index is 0.0911. The lowest BCUT2D eigenvalue weighted by atomic mass is 10.2. The lowest BCUT2D eigenvalue weighted by molar-refractivity contribution is 0.0714. The van der Waals surface area contributed by atoms with Gasteiger partial charge in [-0.2, -0.15) is 0 Å². The second-order valence-electron chi connectivity index (χ2n) is 5.51. The molecule has 132 valence electrons. The topological polar surface area (TPSA) is 87.9 Å². The molecule has 0 radical (unpaired) electrons. The Bertz CT molecular complexity index is 707. The number of anilines is 2. The Morgan fingerprint density at radius 2 is 2.04 bits per heavy atom. The first-order valence-corrected chi connectivity index (χ1v) is 8.15. The molecule has 0 bridgehead atoms. The van der Waals surface area contributed by atoms with Gasteiger partial charge in [0.1, 0.15) is 5.82 Å². The summed E-state index contributed by atoms with van der Waals surface area (Å²) in [5.74, 6) is 1.08. The molecule has 1 aliphatic rings. The van der Waals surface area contributed by atoms with Crippen LogP contribution < -0.4 is 10.2 Å². The number of ether oxygens (including phenoxy) is 1. The normalized spacial score (nSPS) is 14.3. The monoisotopic (exact) mass is 344 g/mol. The SMILES string of the molecule is CCOC(=O)Nc1ccc(N2CCN(C(=O)c3ccco3)CC2)nc1. The largest absolute Gasteiger partial charge is 0.459 e. The molecule has 2 aromatic heterocycles. The van der Waals surface area contributed by atoms with E-state index in [0.29, 0.717) is 44.2 Å². The van der Waals surface area contributed by atoms with E-state index in [9.17, 15) is 9.59 Å². The summed E-state index contributed by atoms with van der Waals surface area (Å²) in [7, 11) is 0. The van der Waals surface area contributed by atoms with Crippen molar-refractivity contribution in [2.24, 2.45) is 0 Å². The molecule has 2 aromatic rings. The number of amides is 2. The van der Waals surface area contributed by atoms with Gasteiger partial charge in [0.25, 0.3) is 5.91 Å². The van der Waals surface area contributed by atoms with Crippen LogP contribution in [0.25, 0.3) is 0 Å². The highest BCUT2D eigenvalue weighted by Gasteiger charge is 2.24. The molecule has 8 heteroatoms. The minimum Gasteiger partial charge on any atom is -0.459 e. The maximum atomic E-state index is 12.3. The van der Waals surface area contributed by atoms with Gasteiger partial charge < -0.3 is 19.0 Å². The van der Waals surface area contributed by atoms with E-state index in [2.05, 4.69) is 15.2 Å². The lowest BCUT2D eigenvalue weighted by Gasteiger charge is -2.35. The minimum atomic E-state index is -0.498. The molecule has 2 amide bonds. The highest BCUT2D eigenvalue weighted by Crippen LogP contribution is 2.17. The predicted molar refractivity (Wildman–Crippen MR) is 91.7 cm³/mol. The standard InChI is InChI=1S/C17H20N4O4/c1-2-24-17(23)19-13-5-6-15(18-12-13)20-7-9-21(10-8-20)16(22)14-4-3-11-25-14/h3-6,11-12H,2,7-10H2,1H3,(H,19,23). The van der Waals surface area contributed by atoms with E-state index in [1.807, 2.05) is 6.07 Å². The fourth-order valence-electron chi connectivity index (χ4n) is 2.63. The van der Waals surface area contributed by atoms with Crippen LogP contribution in [0.4, 0.5) is 16.3 Å². The number of hydrogen-bond acceptors (Lipinski definition) is 6. The lowest BCUT2D eigenvalue weighted by Crippen LogP contribution is -2.49. The quantitative estimate of drug-likeness (QED) is 0.915. The Morgan fingerprint density at radius 1 is 1.24 bits per heavy atom. The molecular weight excluding hydrogens is 324 g/mol. The number of furan rings is 1. The van der Waals surface area contributed by atoms with Gasteiger partial charge in [0.2, 0.25) is 0 Å². The van der Waals surface area contributed by atoms with Gasteiger partial charge in [0.15, 0.2) is 5.76 Å². The van der Waals surface area contributed by atoms with Gasteiger partial charge in [-0.25, -0.2) is 9.78 Å². The van der Waals surface area contributed by atoms with Crippen LogP contribution in [0, 0.1) is 0 Å². The number of piperazine rings is 1. The molecule has 0 aliphatic carbocycles. The smallest absolute Gasteiger partial charge is 0.411 e. The van der Waals surface area contributed by atoms with Gasteiger partial charge in [0, 0.05) is 26.2 Å². The third kappa shape index (κ3) is 4.09. The van der Waals surface area contributed by atoms with E-state index >= 15 is 0 Å². The van der Waals surface area contributed by atoms with E-state index in [-0.39, 0.29) is 5.91 Å². The van der Waals surface area contributed by atoms with Crippen LogP contribution in [0.2, 0.25) is 0 Å². The summed E-state index contributed by atoms with van der Waals surface area (Å²) in [6.07, 6.45) is 2.59. The number of carbonyl (C=O) groups excluding carboxylic acids is 2. The fraction of sp³-hybridized carbons (Fsp3) is 0.353.